The highest BCUT2D eigenvalue weighted by atomic mass is 28.2. The minimum absolute atomic E-state index is 0.677. The zero-order valence-electron chi connectivity index (χ0n) is 4.11. The third kappa shape index (κ3) is 0.630. The van der Waals surface area contributed by atoms with E-state index in [0.717, 1.165) is 10.5 Å². The van der Waals surface area contributed by atoms with Crippen LogP contribution in [0.25, 0.3) is 0 Å². The van der Waals surface area contributed by atoms with E-state index in [2.05, 4.69) is 0 Å². The molecule has 1 aliphatic carbocycles. The van der Waals surface area contributed by atoms with Gasteiger partial charge in [-0.15, -0.1) is 0 Å². The van der Waals surface area contributed by atoms with Crippen LogP contribution in [0.5, 0.6) is 0 Å². The van der Waals surface area contributed by atoms with E-state index in [1.54, 1.807) is 0 Å². The first-order valence-electron chi connectivity index (χ1n) is 2.46. The lowest BCUT2D eigenvalue weighted by atomic mass is 9.97. The quantitative estimate of drug-likeness (QED) is 0.418. The van der Waals surface area contributed by atoms with Crippen molar-refractivity contribution in [3.05, 3.63) is 0 Å². The fourth-order valence-corrected chi connectivity index (χ4v) is 1.08. The van der Waals surface area contributed by atoms with Gasteiger partial charge in [-0.05, 0) is 19.3 Å². The SMILES string of the molecule is [SiH3]OC1CCC1. The molecule has 0 heterocycles. The molecule has 1 aliphatic rings. The van der Waals surface area contributed by atoms with Crippen molar-refractivity contribution in [1.82, 2.24) is 0 Å². The second-order valence-corrected chi connectivity index (χ2v) is 2.26. The molecule has 0 bridgehead atoms. The smallest absolute Gasteiger partial charge is 0.146 e. The second kappa shape index (κ2) is 1.75. The molecule has 6 heavy (non-hydrogen) atoms. The van der Waals surface area contributed by atoms with E-state index >= 15 is 0 Å². The van der Waals surface area contributed by atoms with Crippen LogP contribution in [0.3, 0.4) is 0 Å². The Morgan fingerprint density at radius 3 is 2.17 bits per heavy atom. The number of hydrogen-bond donors (Lipinski definition) is 0. The molecule has 2 heteroatoms. The Hall–Kier alpha value is 0.177. The van der Waals surface area contributed by atoms with Crippen molar-refractivity contribution in [2.75, 3.05) is 0 Å². The maximum absolute atomic E-state index is 5.12. The summed E-state index contributed by atoms with van der Waals surface area (Å²) in [6.07, 6.45) is 4.72. The lowest BCUT2D eigenvalue weighted by Crippen LogP contribution is -2.19. The summed E-state index contributed by atoms with van der Waals surface area (Å²) in [4.78, 5) is 0. The lowest BCUT2D eigenvalue weighted by molar-refractivity contribution is 0.133. The average Bonchev–Trinajstić information content (AvgIpc) is 1.31. The van der Waals surface area contributed by atoms with E-state index in [-0.39, 0.29) is 0 Å². The molecular formula is C4H10OSi. The summed E-state index contributed by atoms with van der Waals surface area (Å²) in [6, 6.07) is 0. The topological polar surface area (TPSA) is 9.23 Å². The highest BCUT2D eigenvalue weighted by Crippen LogP contribution is 2.20. The highest BCUT2D eigenvalue weighted by Gasteiger charge is 2.14. The maximum atomic E-state index is 5.12. The Kier molecular flexibility index (Phi) is 1.27. The van der Waals surface area contributed by atoms with Gasteiger partial charge in [-0.3, -0.25) is 0 Å². The van der Waals surface area contributed by atoms with Gasteiger partial charge >= 0.3 is 0 Å². The fourth-order valence-electron chi connectivity index (χ4n) is 0.606. The molecule has 0 unspecified atom stereocenters. The van der Waals surface area contributed by atoms with E-state index in [9.17, 15) is 0 Å². The summed E-state index contributed by atoms with van der Waals surface area (Å²) < 4.78 is 5.12. The lowest BCUT2D eigenvalue weighted by Gasteiger charge is -2.23. The maximum Gasteiger partial charge on any atom is 0.146 e. The van der Waals surface area contributed by atoms with Crippen LogP contribution >= 0.6 is 0 Å². The molecule has 0 atom stereocenters. The van der Waals surface area contributed by atoms with E-state index in [1.807, 2.05) is 0 Å². The normalized spacial score (nSPS) is 24.0. The molecule has 0 aromatic heterocycles. The van der Waals surface area contributed by atoms with Crippen molar-refractivity contribution in [3.63, 3.8) is 0 Å². The summed E-state index contributed by atoms with van der Waals surface area (Å²) in [5.74, 6) is 0. The molecule has 0 radical (unpaired) electrons. The van der Waals surface area contributed by atoms with Crippen molar-refractivity contribution in [1.29, 1.82) is 0 Å². The first-order valence-corrected chi connectivity index (χ1v) is 3.28. The van der Waals surface area contributed by atoms with Crippen LogP contribution in [0.4, 0.5) is 0 Å². The Balaban J connectivity index is 2.01. The van der Waals surface area contributed by atoms with Crippen LogP contribution < -0.4 is 0 Å². The van der Waals surface area contributed by atoms with Gasteiger partial charge in [0, 0.05) is 6.10 Å². The molecule has 0 N–H and O–H groups in total. The molecular weight excluding hydrogens is 92.1 g/mol. The van der Waals surface area contributed by atoms with Crippen LogP contribution in [-0.4, -0.2) is 16.6 Å². The van der Waals surface area contributed by atoms with Crippen LogP contribution in [-0.2, 0) is 4.43 Å². The van der Waals surface area contributed by atoms with Crippen LogP contribution in [0, 0.1) is 0 Å². The van der Waals surface area contributed by atoms with Crippen molar-refractivity contribution in [2.24, 2.45) is 0 Å². The largest absolute Gasteiger partial charge is 0.425 e. The first-order chi connectivity index (χ1) is 2.93. The molecule has 1 fully saturated rings. The molecule has 0 aliphatic heterocycles. The predicted molar refractivity (Wildman–Crippen MR) is 28.7 cm³/mol. The minimum atomic E-state index is 0.677. The molecule has 1 nitrogen and oxygen atoms in total. The summed E-state index contributed by atoms with van der Waals surface area (Å²) in [6.45, 7) is 0. The van der Waals surface area contributed by atoms with E-state index < -0.39 is 0 Å². The third-order valence-corrected chi connectivity index (χ3v) is 2.05. The van der Waals surface area contributed by atoms with Gasteiger partial charge in [0.1, 0.15) is 10.5 Å². The summed E-state index contributed by atoms with van der Waals surface area (Å²) in [5, 5.41) is 0. The van der Waals surface area contributed by atoms with Crippen molar-refractivity contribution >= 4 is 10.5 Å². The molecule has 1 rings (SSSR count). The van der Waals surface area contributed by atoms with E-state index in [0.29, 0.717) is 6.10 Å². The average molecular weight is 102 g/mol. The molecule has 36 valence electrons. The second-order valence-electron chi connectivity index (χ2n) is 1.79. The van der Waals surface area contributed by atoms with Gasteiger partial charge in [-0.1, -0.05) is 0 Å². The predicted octanol–water partition coefficient (Wildman–Crippen LogP) is -0.164. The number of hydrogen-bond acceptors (Lipinski definition) is 1. The van der Waals surface area contributed by atoms with Gasteiger partial charge in [0.15, 0.2) is 0 Å². The summed E-state index contributed by atoms with van der Waals surface area (Å²) >= 11 is 0. The molecule has 1 saturated carbocycles. The van der Waals surface area contributed by atoms with Gasteiger partial charge in [0.05, 0.1) is 0 Å². The van der Waals surface area contributed by atoms with Gasteiger partial charge in [-0.25, -0.2) is 0 Å². The minimum Gasteiger partial charge on any atom is -0.425 e. The Labute approximate surface area is 41.2 Å². The fraction of sp³-hybridized carbons (Fsp3) is 1.00. The zero-order chi connectivity index (χ0) is 4.41. The van der Waals surface area contributed by atoms with Gasteiger partial charge in [0.25, 0.3) is 0 Å². The van der Waals surface area contributed by atoms with Gasteiger partial charge < -0.3 is 4.43 Å². The van der Waals surface area contributed by atoms with Crippen LogP contribution in [0.2, 0.25) is 0 Å². The molecule has 0 aromatic carbocycles. The summed E-state index contributed by atoms with van der Waals surface area (Å²) in [5.41, 5.74) is 0. The zero-order valence-corrected chi connectivity index (χ0v) is 6.11. The highest BCUT2D eigenvalue weighted by molar-refractivity contribution is 5.98. The molecule has 0 saturated heterocycles. The third-order valence-electron chi connectivity index (χ3n) is 1.39. The van der Waals surface area contributed by atoms with Crippen LogP contribution in [0.15, 0.2) is 0 Å². The van der Waals surface area contributed by atoms with Crippen molar-refractivity contribution < 1.29 is 4.43 Å². The van der Waals surface area contributed by atoms with Gasteiger partial charge in [-0.2, -0.15) is 0 Å². The van der Waals surface area contributed by atoms with Crippen LogP contribution in [0.1, 0.15) is 19.3 Å². The van der Waals surface area contributed by atoms with Gasteiger partial charge in [0.2, 0.25) is 0 Å². The number of rotatable bonds is 1. The van der Waals surface area contributed by atoms with Crippen molar-refractivity contribution in [3.8, 4) is 0 Å². The molecule has 0 spiro atoms. The Morgan fingerprint density at radius 2 is 2.17 bits per heavy atom. The standard InChI is InChI=1S/C4H10OSi/c6-5-4-2-1-3-4/h4H,1-3H2,6H3. The molecule has 0 aromatic rings. The Bertz CT molecular complexity index is 40.1. The first kappa shape index (κ1) is 4.34. The van der Waals surface area contributed by atoms with E-state index in [4.69, 9.17) is 4.43 Å². The molecule has 0 amide bonds. The monoisotopic (exact) mass is 102 g/mol. The van der Waals surface area contributed by atoms with E-state index in [1.165, 1.54) is 19.3 Å². The Morgan fingerprint density at radius 1 is 1.50 bits per heavy atom. The summed E-state index contributed by atoms with van der Waals surface area (Å²) in [7, 11) is 0.934. The van der Waals surface area contributed by atoms with Crippen molar-refractivity contribution in [2.45, 2.75) is 25.4 Å².